The summed E-state index contributed by atoms with van der Waals surface area (Å²) in [5, 5.41) is 5.94. The van der Waals surface area contributed by atoms with E-state index in [1.54, 1.807) is 0 Å². The first-order valence-electron chi connectivity index (χ1n) is 4.42. The average Bonchev–Trinajstić information content (AvgIpc) is 2.10. The van der Waals surface area contributed by atoms with Crippen molar-refractivity contribution in [2.24, 2.45) is 0 Å². The molecule has 0 rings (SSSR count). The Morgan fingerprint density at radius 1 is 1.42 bits per heavy atom. The first kappa shape index (κ1) is 11.2. The van der Waals surface area contributed by atoms with E-state index in [1.165, 1.54) is 6.08 Å². The molecule has 0 spiro atoms. The Hall–Kier alpha value is -0.830. The zero-order valence-corrected chi connectivity index (χ0v) is 7.73. The predicted molar refractivity (Wildman–Crippen MR) is 51.0 cm³/mol. The summed E-state index contributed by atoms with van der Waals surface area (Å²) in [6.45, 7) is 8.23. The van der Waals surface area contributed by atoms with Gasteiger partial charge >= 0.3 is 0 Å². The maximum absolute atomic E-state index is 10.7. The number of amides is 1. The number of hydrogen-bond donors (Lipinski definition) is 2. The molecule has 0 heterocycles. The maximum atomic E-state index is 10.7. The van der Waals surface area contributed by atoms with Gasteiger partial charge in [0.25, 0.3) is 0 Å². The molecule has 70 valence electrons. The first-order chi connectivity index (χ1) is 5.81. The van der Waals surface area contributed by atoms with Crippen molar-refractivity contribution in [3.05, 3.63) is 12.7 Å². The minimum Gasteiger partial charge on any atom is -0.353 e. The molecule has 12 heavy (non-hydrogen) atoms. The third-order valence-electron chi connectivity index (χ3n) is 1.51. The van der Waals surface area contributed by atoms with Gasteiger partial charge in [-0.2, -0.15) is 0 Å². The van der Waals surface area contributed by atoms with Crippen LogP contribution in [-0.2, 0) is 4.79 Å². The molecule has 0 atom stereocenters. The van der Waals surface area contributed by atoms with Crippen molar-refractivity contribution in [2.75, 3.05) is 19.6 Å². The summed E-state index contributed by atoms with van der Waals surface area (Å²) in [6.07, 6.45) is 3.42. The number of nitrogens with one attached hydrogen (secondary N) is 2. The second-order valence-electron chi connectivity index (χ2n) is 2.56. The standard InChI is InChI=1S/C9H18N2O/c1-3-9(12)11-8-6-5-7-10-4-2/h3,10H,1,4-8H2,2H3,(H,11,12). The van der Waals surface area contributed by atoms with Gasteiger partial charge in [-0.25, -0.2) is 0 Å². The molecule has 0 unspecified atom stereocenters. The van der Waals surface area contributed by atoms with Crippen molar-refractivity contribution in [2.45, 2.75) is 19.8 Å². The Labute approximate surface area is 74.2 Å². The lowest BCUT2D eigenvalue weighted by Crippen LogP contribution is -2.23. The highest BCUT2D eigenvalue weighted by molar-refractivity contribution is 5.86. The fraction of sp³-hybridized carbons (Fsp3) is 0.667. The molecule has 1 amide bonds. The van der Waals surface area contributed by atoms with Gasteiger partial charge in [0.1, 0.15) is 0 Å². The van der Waals surface area contributed by atoms with Crippen LogP contribution in [0.25, 0.3) is 0 Å². The fourth-order valence-corrected chi connectivity index (χ4v) is 0.836. The number of carbonyl (C=O) groups is 1. The van der Waals surface area contributed by atoms with Crippen LogP contribution in [0.5, 0.6) is 0 Å². The van der Waals surface area contributed by atoms with Crippen molar-refractivity contribution < 1.29 is 4.79 Å². The Morgan fingerprint density at radius 2 is 2.08 bits per heavy atom. The fourth-order valence-electron chi connectivity index (χ4n) is 0.836. The lowest BCUT2D eigenvalue weighted by atomic mass is 10.3. The highest BCUT2D eigenvalue weighted by Gasteiger charge is 1.91. The highest BCUT2D eigenvalue weighted by atomic mass is 16.1. The summed E-state index contributed by atoms with van der Waals surface area (Å²) >= 11 is 0. The molecule has 0 radical (unpaired) electrons. The Morgan fingerprint density at radius 3 is 2.67 bits per heavy atom. The van der Waals surface area contributed by atoms with E-state index in [4.69, 9.17) is 0 Å². The van der Waals surface area contributed by atoms with Crippen LogP contribution in [0.1, 0.15) is 19.8 Å². The summed E-state index contributed by atoms with van der Waals surface area (Å²) < 4.78 is 0. The number of unbranched alkanes of at least 4 members (excludes halogenated alkanes) is 1. The maximum Gasteiger partial charge on any atom is 0.243 e. The minimum absolute atomic E-state index is 0.0848. The molecule has 0 bridgehead atoms. The van der Waals surface area contributed by atoms with Crippen LogP contribution in [0.3, 0.4) is 0 Å². The van der Waals surface area contributed by atoms with Crippen LogP contribution < -0.4 is 10.6 Å². The molecule has 2 N–H and O–H groups in total. The molecule has 0 aliphatic heterocycles. The van der Waals surface area contributed by atoms with Gasteiger partial charge in [0.15, 0.2) is 0 Å². The molecule has 3 heteroatoms. The van der Waals surface area contributed by atoms with Crippen molar-refractivity contribution in [1.29, 1.82) is 0 Å². The Balaban J connectivity index is 3.00. The molecule has 0 saturated carbocycles. The summed E-state index contributed by atoms with van der Waals surface area (Å²) in [5.41, 5.74) is 0. The second-order valence-corrected chi connectivity index (χ2v) is 2.56. The summed E-state index contributed by atoms with van der Waals surface area (Å²) in [6, 6.07) is 0. The van der Waals surface area contributed by atoms with Crippen molar-refractivity contribution in [1.82, 2.24) is 10.6 Å². The van der Waals surface area contributed by atoms with Gasteiger partial charge in [-0.1, -0.05) is 13.5 Å². The molecule has 0 aromatic carbocycles. The molecule has 0 aromatic rings. The number of carbonyl (C=O) groups excluding carboxylic acids is 1. The first-order valence-corrected chi connectivity index (χ1v) is 4.42. The highest BCUT2D eigenvalue weighted by Crippen LogP contribution is 1.84. The third-order valence-corrected chi connectivity index (χ3v) is 1.51. The molecular formula is C9H18N2O. The van der Waals surface area contributed by atoms with E-state index in [0.717, 1.165) is 32.5 Å². The quantitative estimate of drug-likeness (QED) is 0.436. The van der Waals surface area contributed by atoms with Gasteiger partial charge in [-0.15, -0.1) is 0 Å². The van der Waals surface area contributed by atoms with Gasteiger partial charge < -0.3 is 10.6 Å². The van der Waals surface area contributed by atoms with Crippen LogP contribution in [0.4, 0.5) is 0 Å². The van der Waals surface area contributed by atoms with Crippen molar-refractivity contribution in [3.63, 3.8) is 0 Å². The average molecular weight is 170 g/mol. The smallest absolute Gasteiger partial charge is 0.243 e. The topological polar surface area (TPSA) is 41.1 Å². The van der Waals surface area contributed by atoms with Gasteiger partial charge in [-0.05, 0) is 32.0 Å². The summed E-state index contributed by atoms with van der Waals surface area (Å²) in [7, 11) is 0. The third kappa shape index (κ3) is 7.28. The predicted octanol–water partition coefficient (Wildman–Crippen LogP) is 0.678. The molecular weight excluding hydrogens is 152 g/mol. The lowest BCUT2D eigenvalue weighted by molar-refractivity contribution is -0.116. The number of hydrogen-bond acceptors (Lipinski definition) is 2. The summed E-state index contributed by atoms with van der Waals surface area (Å²) in [4.78, 5) is 10.7. The van der Waals surface area contributed by atoms with Gasteiger partial charge in [-0.3, -0.25) is 4.79 Å². The Kier molecular flexibility index (Phi) is 7.70. The normalized spacial score (nSPS) is 9.42. The SMILES string of the molecule is C=CC(=O)NCCCCNCC. The van der Waals surface area contributed by atoms with Gasteiger partial charge in [0, 0.05) is 6.54 Å². The Bertz CT molecular complexity index is 134. The largest absolute Gasteiger partial charge is 0.353 e. The van der Waals surface area contributed by atoms with Crippen molar-refractivity contribution in [3.8, 4) is 0 Å². The number of rotatable bonds is 7. The van der Waals surface area contributed by atoms with E-state index in [0.29, 0.717) is 0 Å². The minimum atomic E-state index is -0.0848. The lowest BCUT2D eigenvalue weighted by Gasteiger charge is -2.02. The van der Waals surface area contributed by atoms with Crippen LogP contribution >= 0.6 is 0 Å². The zero-order chi connectivity index (χ0) is 9.23. The van der Waals surface area contributed by atoms with Gasteiger partial charge in [0.05, 0.1) is 0 Å². The monoisotopic (exact) mass is 170 g/mol. The van der Waals surface area contributed by atoms with E-state index in [9.17, 15) is 4.79 Å². The van der Waals surface area contributed by atoms with Crippen LogP contribution in [0, 0.1) is 0 Å². The molecule has 0 aliphatic rings. The molecule has 0 aromatic heterocycles. The zero-order valence-electron chi connectivity index (χ0n) is 7.73. The van der Waals surface area contributed by atoms with E-state index in [1.807, 2.05) is 0 Å². The van der Waals surface area contributed by atoms with Crippen LogP contribution in [0.2, 0.25) is 0 Å². The molecule has 3 nitrogen and oxygen atoms in total. The van der Waals surface area contributed by atoms with Gasteiger partial charge in [0.2, 0.25) is 5.91 Å². The van der Waals surface area contributed by atoms with Crippen LogP contribution in [0.15, 0.2) is 12.7 Å². The molecule has 0 aliphatic carbocycles. The van der Waals surface area contributed by atoms with Crippen molar-refractivity contribution >= 4 is 5.91 Å². The van der Waals surface area contributed by atoms with E-state index < -0.39 is 0 Å². The second kappa shape index (κ2) is 8.27. The molecule has 0 fully saturated rings. The summed E-state index contributed by atoms with van der Waals surface area (Å²) in [5.74, 6) is -0.0848. The van der Waals surface area contributed by atoms with E-state index >= 15 is 0 Å². The molecule has 0 saturated heterocycles. The van der Waals surface area contributed by atoms with E-state index in [2.05, 4.69) is 24.1 Å². The van der Waals surface area contributed by atoms with Crippen LogP contribution in [-0.4, -0.2) is 25.5 Å². The van der Waals surface area contributed by atoms with E-state index in [-0.39, 0.29) is 5.91 Å².